The quantitative estimate of drug-likeness (QED) is 0.798. The van der Waals surface area contributed by atoms with Crippen LogP contribution >= 0.6 is 0 Å². The lowest BCUT2D eigenvalue weighted by Crippen LogP contribution is -2.49. The van der Waals surface area contributed by atoms with Crippen LogP contribution in [-0.2, 0) is 4.79 Å². The van der Waals surface area contributed by atoms with Crippen LogP contribution in [0.25, 0.3) is 0 Å². The van der Waals surface area contributed by atoms with Crippen molar-refractivity contribution in [3.63, 3.8) is 0 Å². The molecule has 1 aromatic heterocycles. The van der Waals surface area contributed by atoms with Crippen LogP contribution in [0.3, 0.4) is 0 Å². The number of amides is 1. The number of ether oxygens (including phenoxy) is 1. The lowest BCUT2D eigenvalue weighted by Gasteiger charge is -2.03. The number of rotatable bonds is 4. The number of aromatic nitrogens is 1. The Morgan fingerprint density at radius 3 is 2.41 bits per heavy atom. The molecule has 1 heterocycles. The molecule has 4 heteroatoms. The van der Waals surface area contributed by atoms with Crippen molar-refractivity contribution in [2.45, 2.75) is 0 Å². The van der Waals surface area contributed by atoms with Crippen LogP contribution in [0.5, 0.6) is 5.75 Å². The molecule has 4 nitrogen and oxygen atoms in total. The first-order chi connectivity index (χ1) is 8.34. The Bertz CT molecular complexity index is 471. The molecule has 2 rings (SSSR count). The molecule has 0 radical (unpaired) electrons. The van der Waals surface area contributed by atoms with Gasteiger partial charge in [-0.1, -0.05) is 28.9 Å². The van der Waals surface area contributed by atoms with Crippen molar-refractivity contribution >= 4 is 5.91 Å². The van der Waals surface area contributed by atoms with Gasteiger partial charge in [-0.05, 0) is 12.1 Å². The lowest BCUT2D eigenvalue weighted by atomic mass is 10.3. The second-order valence-electron chi connectivity index (χ2n) is 3.42. The smallest absolute Gasteiger partial charge is 0.312 e. The fourth-order valence-electron chi connectivity index (χ4n) is 1.32. The predicted octanol–water partition coefficient (Wildman–Crippen LogP) is 1.12. The van der Waals surface area contributed by atoms with E-state index in [1.807, 2.05) is 48.5 Å². The molecule has 1 N–H and O–H groups in total. The standard InChI is InChI=1S/C13H12N2O2/c16-13(14-15-9-5-2-6-10-15)11-17-12-7-3-1-4-8-12/h1-10H,11H2/p+1. The van der Waals surface area contributed by atoms with E-state index in [-0.39, 0.29) is 12.5 Å². The van der Waals surface area contributed by atoms with Gasteiger partial charge in [-0.3, -0.25) is 4.79 Å². The number of pyridine rings is 1. The second kappa shape index (κ2) is 5.65. The Hall–Kier alpha value is -2.36. The van der Waals surface area contributed by atoms with Crippen LogP contribution in [-0.4, -0.2) is 12.5 Å². The van der Waals surface area contributed by atoms with Gasteiger partial charge in [0.15, 0.2) is 19.0 Å². The number of benzene rings is 1. The highest BCUT2D eigenvalue weighted by molar-refractivity contribution is 5.83. The van der Waals surface area contributed by atoms with Gasteiger partial charge >= 0.3 is 5.91 Å². The first-order valence-electron chi connectivity index (χ1n) is 5.28. The number of para-hydroxylation sites is 1. The molecule has 0 bridgehead atoms. The zero-order valence-electron chi connectivity index (χ0n) is 9.24. The molecular weight excluding hydrogens is 216 g/mol. The van der Waals surface area contributed by atoms with Gasteiger partial charge in [-0.25, -0.2) is 0 Å². The minimum atomic E-state index is -0.204. The number of nitrogens with one attached hydrogen (secondary N) is 1. The monoisotopic (exact) mass is 229 g/mol. The van der Waals surface area contributed by atoms with Gasteiger partial charge in [0.25, 0.3) is 0 Å². The van der Waals surface area contributed by atoms with Gasteiger partial charge in [0.05, 0.1) is 0 Å². The maximum Gasteiger partial charge on any atom is 0.312 e. The van der Waals surface area contributed by atoms with Gasteiger partial charge in [0.1, 0.15) is 5.75 Å². The zero-order valence-corrected chi connectivity index (χ0v) is 9.24. The molecule has 0 saturated carbocycles. The Morgan fingerprint density at radius 2 is 1.71 bits per heavy atom. The average Bonchev–Trinajstić information content (AvgIpc) is 2.39. The largest absolute Gasteiger partial charge is 0.484 e. The Balaban J connectivity index is 1.83. The average molecular weight is 229 g/mol. The minimum absolute atomic E-state index is 0.00803. The Labute approximate surface area is 99.4 Å². The molecule has 0 spiro atoms. The lowest BCUT2D eigenvalue weighted by molar-refractivity contribution is -0.642. The maximum absolute atomic E-state index is 11.5. The van der Waals surface area contributed by atoms with Crippen molar-refractivity contribution in [3.8, 4) is 5.75 Å². The summed E-state index contributed by atoms with van der Waals surface area (Å²) in [6, 6.07) is 14.8. The zero-order chi connectivity index (χ0) is 11.9. The SMILES string of the molecule is O=C(COc1ccccc1)N[n+]1ccccc1. The molecule has 0 atom stereocenters. The third kappa shape index (κ3) is 3.61. The molecule has 0 fully saturated rings. The summed E-state index contributed by atoms with van der Waals surface area (Å²) in [6.07, 6.45) is 3.50. The van der Waals surface area contributed by atoms with Crippen molar-refractivity contribution < 1.29 is 14.2 Å². The fourth-order valence-corrected chi connectivity index (χ4v) is 1.32. The van der Waals surface area contributed by atoms with Gasteiger partial charge in [-0.2, -0.15) is 0 Å². The van der Waals surface area contributed by atoms with Crippen LogP contribution in [0.2, 0.25) is 0 Å². The highest BCUT2D eigenvalue weighted by Gasteiger charge is 2.07. The third-order valence-corrected chi connectivity index (χ3v) is 2.08. The molecule has 1 amide bonds. The van der Waals surface area contributed by atoms with Crippen molar-refractivity contribution in [3.05, 3.63) is 60.9 Å². The number of carbonyl (C=O) groups is 1. The van der Waals surface area contributed by atoms with Crippen LogP contribution < -0.4 is 14.8 Å². The number of hydrogen-bond donors (Lipinski definition) is 1. The predicted molar refractivity (Wildman–Crippen MR) is 62.9 cm³/mol. The Kier molecular flexibility index (Phi) is 3.70. The van der Waals surface area contributed by atoms with Gasteiger partial charge in [-0.15, -0.1) is 5.43 Å². The van der Waals surface area contributed by atoms with Crippen molar-refractivity contribution in [1.29, 1.82) is 0 Å². The van der Waals surface area contributed by atoms with E-state index in [9.17, 15) is 4.79 Å². The van der Waals surface area contributed by atoms with E-state index in [0.29, 0.717) is 5.75 Å². The first-order valence-corrected chi connectivity index (χ1v) is 5.28. The van der Waals surface area contributed by atoms with Crippen LogP contribution in [0.15, 0.2) is 60.9 Å². The van der Waals surface area contributed by atoms with E-state index < -0.39 is 0 Å². The topological polar surface area (TPSA) is 42.2 Å². The molecule has 86 valence electrons. The minimum Gasteiger partial charge on any atom is -0.484 e. The fraction of sp³-hybridized carbons (Fsp3) is 0.0769. The summed E-state index contributed by atoms with van der Waals surface area (Å²) < 4.78 is 6.89. The summed E-state index contributed by atoms with van der Waals surface area (Å²) in [4.78, 5) is 11.5. The van der Waals surface area contributed by atoms with Crippen LogP contribution in [0.1, 0.15) is 0 Å². The van der Waals surface area contributed by atoms with Gasteiger partial charge in [0.2, 0.25) is 0 Å². The second-order valence-corrected chi connectivity index (χ2v) is 3.42. The van der Waals surface area contributed by atoms with Crippen LogP contribution in [0, 0.1) is 0 Å². The van der Waals surface area contributed by atoms with E-state index >= 15 is 0 Å². The summed E-state index contributed by atoms with van der Waals surface area (Å²) in [6.45, 7) is -0.00803. The Morgan fingerprint density at radius 1 is 1.06 bits per heavy atom. The number of nitrogens with zero attached hydrogens (tertiary/aromatic N) is 1. The summed E-state index contributed by atoms with van der Waals surface area (Å²) in [5.41, 5.74) is 2.66. The van der Waals surface area contributed by atoms with E-state index in [0.717, 1.165) is 0 Å². The van der Waals surface area contributed by atoms with E-state index in [2.05, 4.69) is 5.43 Å². The van der Waals surface area contributed by atoms with E-state index in [4.69, 9.17) is 4.74 Å². The summed E-state index contributed by atoms with van der Waals surface area (Å²) in [5, 5.41) is 0. The molecule has 17 heavy (non-hydrogen) atoms. The molecule has 1 aromatic carbocycles. The van der Waals surface area contributed by atoms with Crippen molar-refractivity contribution in [1.82, 2.24) is 0 Å². The maximum atomic E-state index is 11.5. The molecule has 0 aliphatic rings. The molecule has 0 unspecified atom stereocenters. The molecule has 0 saturated heterocycles. The third-order valence-electron chi connectivity index (χ3n) is 2.08. The highest BCUT2D eigenvalue weighted by atomic mass is 16.5. The summed E-state index contributed by atoms with van der Waals surface area (Å²) >= 11 is 0. The van der Waals surface area contributed by atoms with Gasteiger partial charge < -0.3 is 4.74 Å². The van der Waals surface area contributed by atoms with Crippen molar-refractivity contribution in [2.75, 3.05) is 12.0 Å². The molecule has 0 aliphatic heterocycles. The number of carbonyl (C=O) groups excluding carboxylic acids is 1. The summed E-state index contributed by atoms with van der Waals surface area (Å²) in [5.74, 6) is 0.478. The normalized spacial score (nSPS) is 9.65. The van der Waals surface area contributed by atoms with E-state index in [1.54, 1.807) is 17.1 Å². The number of hydrogen-bond acceptors (Lipinski definition) is 2. The first kappa shape index (κ1) is 11.1. The summed E-state index contributed by atoms with van der Waals surface area (Å²) in [7, 11) is 0. The van der Waals surface area contributed by atoms with Crippen molar-refractivity contribution in [2.24, 2.45) is 0 Å². The molecule has 2 aromatic rings. The molecular formula is C13H13N2O2+. The highest BCUT2D eigenvalue weighted by Crippen LogP contribution is 2.07. The van der Waals surface area contributed by atoms with Gasteiger partial charge in [0, 0.05) is 12.1 Å². The molecule has 0 aliphatic carbocycles. The van der Waals surface area contributed by atoms with E-state index in [1.165, 1.54) is 0 Å². The van der Waals surface area contributed by atoms with Crippen LogP contribution in [0.4, 0.5) is 0 Å².